The lowest BCUT2D eigenvalue weighted by atomic mass is 10.1. The highest BCUT2D eigenvalue weighted by molar-refractivity contribution is 6.33. The fourth-order valence-electron chi connectivity index (χ4n) is 2.71. The van der Waals surface area contributed by atoms with Crippen LogP contribution in [0.2, 0.25) is 5.02 Å². The summed E-state index contributed by atoms with van der Waals surface area (Å²) in [5.74, 6) is -0.0438. The summed E-state index contributed by atoms with van der Waals surface area (Å²) in [5.41, 5.74) is 0.647. The number of likely N-dealkylation sites (tertiary alicyclic amines) is 1. The molecule has 0 aliphatic carbocycles. The first-order valence-electron chi connectivity index (χ1n) is 8.13. The highest BCUT2D eigenvalue weighted by Crippen LogP contribution is 2.22. The molecule has 128 valence electrons. The first kappa shape index (κ1) is 18.2. The van der Waals surface area contributed by atoms with Crippen LogP contribution >= 0.6 is 11.6 Å². The quantitative estimate of drug-likeness (QED) is 0.749. The maximum Gasteiger partial charge on any atom is 0.241 e. The molecule has 1 saturated heterocycles. The minimum Gasteiger partial charge on any atom is -0.396 e. The third-order valence-electron chi connectivity index (χ3n) is 4.19. The van der Waals surface area contributed by atoms with Crippen LogP contribution in [-0.2, 0) is 9.53 Å². The van der Waals surface area contributed by atoms with Crippen molar-refractivity contribution in [3.63, 3.8) is 0 Å². The molecule has 0 spiro atoms. The molecule has 23 heavy (non-hydrogen) atoms. The molecule has 1 heterocycles. The Labute approximate surface area is 142 Å². The topological polar surface area (TPSA) is 61.8 Å². The van der Waals surface area contributed by atoms with Gasteiger partial charge in [-0.2, -0.15) is 0 Å². The van der Waals surface area contributed by atoms with Crippen molar-refractivity contribution in [1.29, 1.82) is 0 Å². The Hall–Kier alpha value is -1.14. The number of anilines is 1. The molecule has 1 aliphatic rings. The highest BCUT2D eigenvalue weighted by atomic mass is 35.5. The Morgan fingerprint density at radius 3 is 2.78 bits per heavy atom. The van der Waals surface area contributed by atoms with Crippen molar-refractivity contribution >= 4 is 23.2 Å². The number of halogens is 1. The van der Waals surface area contributed by atoms with Crippen LogP contribution in [0.3, 0.4) is 0 Å². The molecule has 1 aromatic rings. The maximum atomic E-state index is 12.4. The zero-order chi connectivity index (χ0) is 16.7. The number of rotatable bonds is 7. The predicted molar refractivity (Wildman–Crippen MR) is 91.8 cm³/mol. The molecule has 2 rings (SSSR count). The number of amides is 1. The second-order valence-electron chi connectivity index (χ2n) is 5.83. The van der Waals surface area contributed by atoms with Crippen LogP contribution in [0.15, 0.2) is 24.3 Å². The van der Waals surface area contributed by atoms with Gasteiger partial charge in [-0.3, -0.25) is 9.69 Å². The van der Waals surface area contributed by atoms with Crippen molar-refractivity contribution in [2.24, 2.45) is 0 Å². The van der Waals surface area contributed by atoms with Gasteiger partial charge in [-0.15, -0.1) is 0 Å². The molecule has 2 N–H and O–H groups in total. The van der Waals surface area contributed by atoms with E-state index in [-0.39, 0.29) is 24.7 Å². The molecular formula is C17H25ClN2O3. The summed E-state index contributed by atoms with van der Waals surface area (Å²) in [5, 5.41) is 12.2. The van der Waals surface area contributed by atoms with Gasteiger partial charge in [0.1, 0.15) is 0 Å². The van der Waals surface area contributed by atoms with E-state index in [9.17, 15) is 4.79 Å². The molecule has 1 amide bonds. The smallest absolute Gasteiger partial charge is 0.241 e. The van der Waals surface area contributed by atoms with Crippen molar-refractivity contribution in [3.8, 4) is 0 Å². The van der Waals surface area contributed by atoms with Gasteiger partial charge < -0.3 is 15.2 Å². The van der Waals surface area contributed by atoms with Crippen molar-refractivity contribution in [2.45, 2.75) is 38.3 Å². The monoisotopic (exact) mass is 340 g/mol. The van der Waals surface area contributed by atoms with Crippen LogP contribution in [-0.4, -0.2) is 54.4 Å². The van der Waals surface area contributed by atoms with Gasteiger partial charge in [-0.1, -0.05) is 23.7 Å². The number of ether oxygens (including phenoxy) is 1. The predicted octanol–water partition coefficient (Wildman–Crippen LogP) is 2.53. The number of carbonyl (C=O) groups is 1. The molecule has 0 radical (unpaired) electrons. The standard InChI is InChI=1S/C17H25ClN2O3/c1-13(17(22)19-16-6-3-2-5-15(16)18)20-9-7-14(8-10-20)23-12-4-11-21/h2-3,5-6,13-14,21H,4,7-12H2,1H3,(H,19,22). The fourth-order valence-corrected chi connectivity index (χ4v) is 2.89. The maximum absolute atomic E-state index is 12.4. The van der Waals surface area contributed by atoms with Crippen LogP contribution < -0.4 is 5.32 Å². The van der Waals surface area contributed by atoms with Crippen molar-refractivity contribution in [3.05, 3.63) is 29.3 Å². The van der Waals surface area contributed by atoms with E-state index in [0.717, 1.165) is 25.9 Å². The summed E-state index contributed by atoms with van der Waals surface area (Å²) in [6.45, 7) is 4.35. The number of aliphatic hydroxyl groups excluding tert-OH is 1. The molecule has 6 heteroatoms. The Kier molecular flexibility index (Phi) is 7.30. The number of para-hydroxylation sites is 1. The molecule has 1 fully saturated rings. The summed E-state index contributed by atoms with van der Waals surface area (Å²) in [6, 6.07) is 7.04. The molecule has 1 aliphatic heterocycles. The number of hydrogen-bond donors (Lipinski definition) is 2. The number of nitrogens with zero attached hydrogens (tertiary/aromatic N) is 1. The molecule has 5 nitrogen and oxygen atoms in total. The van der Waals surface area contributed by atoms with Gasteiger partial charge in [0.05, 0.1) is 22.9 Å². The minimum absolute atomic E-state index is 0.0438. The van der Waals surface area contributed by atoms with E-state index >= 15 is 0 Å². The summed E-state index contributed by atoms with van der Waals surface area (Å²) in [4.78, 5) is 14.6. The van der Waals surface area contributed by atoms with E-state index in [4.69, 9.17) is 21.4 Å². The first-order valence-corrected chi connectivity index (χ1v) is 8.51. The molecular weight excluding hydrogens is 316 g/mol. The van der Waals surface area contributed by atoms with E-state index in [1.807, 2.05) is 19.1 Å². The molecule has 1 atom stereocenters. The largest absolute Gasteiger partial charge is 0.396 e. The van der Waals surface area contributed by atoms with Crippen molar-refractivity contribution < 1.29 is 14.6 Å². The fraction of sp³-hybridized carbons (Fsp3) is 0.588. The summed E-state index contributed by atoms with van der Waals surface area (Å²) in [7, 11) is 0. The molecule has 0 bridgehead atoms. The van der Waals surface area contributed by atoms with Crippen LogP contribution in [0.25, 0.3) is 0 Å². The van der Waals surface area contributed by atoms with Gasteiger partial charge in [0.2, 0.25) is 5.91 Å². The second kappa shape index (κ2) is 9.23. The van der Waals surface area contributed by atoms with Gasteiger partial charge in [-0.05, 0) is 38.3 Å². The SMILES string of the molecule is CC(C(=O)Nc1ccccc1Cl)N1CCC(OCCCO)CC1. The van der Waals surface area contributed by atoms with E-state index < -0.39 is 0 Å². The van der Waals surface area contributed by atoms with Gasteiger partial charge in [0.25, 0.3) is 0 Å². The normalized spacial score (nSPS) is 17.9. The number of carbonyl (C=O) groups excluding carboxylic acids is 1. The number of piperidine rings is 1. The van der Waals surface area contributed by atoms with Crippen LogP contribution in [0.1, 0.15) is 26.2 Å². The lowest BCUT2D eigenvalue weighted by Gasteiger charge is -2.35. The zero-order valence-electron chi connectivity index (χ0n) is 13.5. The number of aliphatic hydroxyl groups is 1. The van der Waals surface area contributed by atoms with Crippen LogP contribution in [0.5, 0.6) is 0 Å². The molecule has 0 saturated carbocycles. The minimum atomic E-state index is -0.204. The number of nitrogens with one attached hydrogen (secondary N) is 1. The van der Waals surface area contributed by atoms with Gasteiger partial charge >= 0.3 is 0 Å². The van der Waals surface area contributed by atoms with Gasteiger partial charge in [-0.25, -0.2) is 0 Å². The zero-order valence-corrected chi connectivity index (χ0v) is 14.3. The Balaban J connectivity index is 1.79. The van der Waals surface area contributed by atoms with Crippen LogP contribution in [0, 0.1) is 0 Å². The van der Waals surface area contributed by atoms with E-state index in [1.165, 1.54) is 0 Å². The van der Waals surface area contributed by atoms with Gasteiger partial charge in [0, 0.05) is 26.3 Å². The van der Waals surface area contributed by atoms with Crippen molar-refractivity contribution in [1.82, 2.24) is 4.90 Å². The average Bonchev–Trinajstić information content (AvgIpc) is 2.57. The molecule has 1 aromatic carbocycles. The summed E-state index contributed by atoms with van der Waals surface area (Å²) >= 11 is 6.08. The Bertz CT molecular complexity index is 504. The lowest BCUT2D eigenvalue weighted by Crippen LogP contribution is -2.47. The third-order valence-corrected chi connectivity index (χ3v) is 4.52. The first-order chi connectivity index (χ1) is 11.1. The van der Waals surface area contributed by atoms with E-state index in [2.05, 4.69) is 10.2 Å². The Morgan fingerprint density at radius 2 is 2.13 bits per heavy atom. The summed E-state index contributed by atoms with van der Waals surface area (Å²) < 4.78 is 5.72. The average molecular weight is 341 g/mol. The van der Waals surface area contributed by atoms with E-state index in [1.54, 1.807) is 12.1 Å². The third kappa shape index (κ3) is 5.46. The Morgan fingerprint density at radius 1 is 1.43 bits per heavy atom. The number of benzene rings is 1. The lowest BCUT2D eigenvalue weighted by molar-refractivity contribution is -0.121. The van der Waals surface area contributed by atoms with Gasteiger partial charge in [0.15, 0.2) is 0 Å². The highest BCUT2D eigenvalue weighted by Gasteiger charge is 2.27. The summed E-state index contributed by atoms with van der Waals surface area (Å²) in [6.07, 6.45) is 2.73. The molecule has 0 aromatic heterocycles. The van der Waals surface area contributed by atoms with Crippen molar-refractivity contribution in [2.75, 3.05) is 31.6 Å². The van der Waals surface area contributed by atoms with E-state index in [0.29, 0.717) is 23.7 Å². The number of hydrogen-bond acceptors (Lipinski definition) is 4. The second-order valence-corrected chi connectivity index (χ2v) is 6.24. The molecule has 1 unspecified atom stereocenters. The van der Waals surface area contributed by atoms with Crippen LogP contribution in [0.4, 0.5) is 5.69 Å².